The summed E-state index contributed by atoms with van der Waals surface area (Å²) in [5.74, 6) is 0.530. The number of pyridine rings is 1. The van der Waals surface area contributed by atoms with E-state index in [0.717, 1.165) is 32.5 Å². The summed E-state index contributed by atoms with van der Waals surface area (Å²) in [6.07, 6.45) is 3.37. The molecule has 2 N–H and O–H groups in total. The third-order valence-corrected chi connectivity index (χ3v) is 5.20. The van der Waals surface area contributed by atoms with Gasteiger partial charge in [0.25, 0.3) is 0 Å². The molecule has 6 nitrogen and oxygen atoms in total. The number of rotatable bonds is 6. The molecule has 1 aliphatic rings. The zero-order chi connectivity index (χ0) is 21.5. The van der Waals surface area contributed by atoms with E-state index in [1.54, 1.807) is 12.1 Å². The Morgan fingerprint density at radius 3 is 2.45 bits per heavy atom. The molecule has 1 fully saturated rings. The zero-order valence-electron chi connectivity index (χ0n) is 17.1. The van der Waals surface area contributed by atoms with Crippen LogP contribution in [0.3, 0.4) is 0 Å². The Morgan fingerprint density at radius 1 is 1.03 bits per heavy atom. The summed E-state index contributed by atoms with van der Waals surface area (Å²) in [5.41, 5.74) is 1.89. The second kappa shape index (κ2) is 10.0. The van der Waals surface area contributed by atoms with Crippen LogP contribution >= 0.6 is 0 Å². The van der Waals surface area contributed by atoms with Crippen molar-refractivity contribution in [2.45, 2.75) is 25.4 Å². The van der Waals surface area contributed by atoms with E-state index < -0.39 is 0 Å². The molecule has 0 spiro atoms. The van der Waals surface area contributed by atoms with E-state index in [9.17, 15) is 9.18 Å². The topological polar surface area (TPSA) is 66.5 Å². The molecule has 31 heavy (non-hydrogen) atoms. The van der Waals surface area contributed by atoms with Gasteiger partial charge in [-0.3, -0.25) is 4.90 Å². The number of nitrogens with zero attached hydrogens (tertiary/aromatic N) is 2. The van der Waals surface area contributed by atoms with Crippen molar-refractivity contribution in [3.63, 3.8) is 0 Å². The Bertz CT molecular complexity index is 973. The Hall–Kier alpha value is -3.45. The minimum absolute atomic E-state index is 0.154. The van der Waals surface area contributed by atoms with Crippen molar-refractivity contribution in [3.05, 3.63) is 84.3 Å². The number of benzene rings is 2. The van der Waals surface area contributed by atoms with Gasteiger partial charge >= 0.3 is 6.03 Å². The fourth-order valence-electron chi connectivity index (χ4n) is 3.57. The number of hydrogen-bond acceptors (Lipinski definition) is 4. The van der Waals surface area contributed by atoms with Crippen LogP contribution in [-0.2, 0) is 6.54 Å². The van der Waals surface area contributed by atoms with E-state index in [1.165, 1.54) is 36.0 Å². The summed E-state index contributed by atoms with van der Waals surface area (Å²) in [6, 6.07) is 19.4. The standard InChI is InChI=1S/C24H25FN4O2/c25-19-6-9-22(10-7-19)31-23-11-8-21(16-26-23)28-24(30)27-20-12-14-29(15-13-20)17-18-4-2-1-3-5-18/h1-11,16,20H,12-15,17H2,(H2,27,28,30). The number of anilines is 1. The number of likely N-dealkylation sites (tertiary alicyclic amines) is 1. The summed E-state index contributed by atoms with van der Waals surface area (Å²) >= 11 is 0. The maximum absolute atomic E-state index is 13.0. The predicted molar refractivity (Wildman–Crippen MR) is 118 cm³/mol. The molecule has 160 valence electrons. The first-order valence-electron chi connectivity index (χ1n) is 10.4. The quantitative estimate of drug-likeness (QED) is 0.601. The number of amides is 2. The minimum atomic E-state index is -0.326. The van der Waals surface area contributed by atoms with Crippen molar-refractivity contribution < 1.29 is 13.9 Å². The Labute approximate surface area is 181 Å². The van der Waals surface area contributed by atoms with E-state index in [0.29, 0.717) is 17.3 Å². The number of halogens is 1. The van der Waals surface area contributed by atoms with Gasteiger partial charge in [-0.2, -0.15) is 0 Å². The van der Waals surface area contributed by atoms with Gasteiger partial charge in [-0.25, -0.2) is 14.2 Å². The van der Waals surface area contributed by atoms with Crippen molar-refractivity contribution >= 4 is 11.7 Å². The molecular weight excluding hydrogens is 395 g/mol. The van der Waals surface area contributed by atoms with Gasteiger partial charge in [0.15, 0.2) is 0 Å². The molecule has 2 heterocycles. The van der Waals surface area contributed by atoms with Crippen LogP contribution < -0.4 is 15.4 Å². The third-order valence-electron chi connectivity index (χ3n) is 5.20. The molecule has 1 aromatic heterocycles. The van der Waals surface area contributed by atoms with Crippen LogP contribution in [0, 0.1) is 5.82 Å². The SMILES string of the molecule is O=C(Nc1ccc(Oc2ccc(F)cc2)nc1)NC1CCN(Cc2ccccc2)CC1. The van der Waals surface area contributed by atoms with Gasteiger partial charge < -0.3 is 15.4 Å². The minimum Gasteiger partial charge on any atom is -0.439 e. The number of ether oxygens (including phenoxy) is 1. The molecule has 1 aliphatic heterocycles. The number of aromatic nitrogens is 1. The van der Waals surface area contributed by atoms with E-state index >= 15 is 0 Å². The molecule has 3 aromatic rings. The van der Waals surface area contributed by atoms with Crippen LogP contribution in [0.1, 0.15) is 18.4 Å². The highest BCUT2D eigenvalue weighted by atomic mass is 19.1. The lowest BCUT2D eigenvalue weighted by Gasteiger charge is -2.32. The molecule has 0 radical (unpaired) electrons. The van der Waals surface area contributed by atoms with Gasteiger partial charge in [0, 0.05) is 31.7 Å². The van der Waals surface area contributed by atoms with E-state index in [4.69, 9.17) is 4.74 Å². The Balaban J connectivity index is 1.20. The monoisotopic (exact) mass is 420 g/mol. The highest BCUT2D eigenvalue weighted by Gasteiger charge is 2.20. The van der Waals surface area contributed by atoms with Crippen molar-refractivity contribution in [1.82, 2.24) is 15.2 Å². The lowest BCUT2D eigenvalue weighted by molar-refractivity contribution is 0.190. The first-order valence-corrected chi connectivity index (χ1v) is 10.4. The predicted octanol–water partition coefficient (Wildman–Crippen LogP) is 4.80. The van der Waals surface area contributed by atoms with Gasteiger partial charge in [0.05, 0.1) is 11.9 Å². The molecule has 1 saturated heterocycles. The maximum Gasteiger partial charge on any atom is 0.319 e. The molecule has 2 aromatic carbocycles. The van der Waals surface area contributed by atoms with Crippen molar-refractivity contribution in [3.8, 4) is 11.6 Å². The molecule has 0 saturated carbocycles. The summed E-state index contributed by atoms with van der Waals surface area (Å²) in [4.78, 5) is 18.9. The Kier molecular flexibility index (Phi) is 6.74. The van der Waals surface area contributed by atoms with Crippen LogP contribution in [0.5, 0.6) is 11.6 Å². The summed E-state index contributed by atoms with van der Waals surface area (Å²) < 4.78 is 18.5. The van der Waals surface area contributed by atoms with Gasteiger partial charge in [0.1, 0.15) is 11.6 Å². The van der Waals surface area contributed by atoms with Crippen LogP contribution in [-0.4, -0.2) is 35.0 Å². The van der Waals surface area contributed by atoms with Crippen LogP contribution in [0.25, 0.3) is 0 Å². The molecule has 4 rings (SSSR count). The van der Waals surface area contributed by atoms with Crippen molar-refractivity contribution in [1.29, 1.82) is 0 Å². The van der Waals surface area contributed by atoms with Crippen molar-refractivity contribution in [2.75, 3.05) is 18.4 Å². The number of piperidine rings is 1. The highest BCUT2D eigenvalue weighted by molar-refractivity contribution is 5.89. The number of urea groups is 1. The van der Waals surface area contributed by atoms with Gasteiger partial charge in [-0.1, -0.05) is 30.3 Å². The normalized spacial score (nSPS) is 14.7. The Morgan fingerprint density at radius 2 is 1.77 bits per heavy atom. The lowest BCUT2D eigenvalue weighted by Crippen LogP contribution is -2.45. The summed E-state index contributed by atoms with van der Waals surface area (Å²) in [5, 5.41) is 5.85. The molecule has 2 amide bonds. The summed E-state index contributed by atoms with van der Waals surface area (Å²) in [6.45, 7) is 2.85. The second-order valence-corrected chi connectivity index (χ2v) is 7.58. The van der Waals surface area contributed by atoms with E-state index in [-0.39, 0.29) is 17.9 Å². The molecule has 0 aliphatic carbocycles. The van der Waals surface area contributed by atoms with E-state index in [1.807, 2.05) is 6.07 Å². The maximum atomic E-state index is 13.0. The highest BCUT2D eigenvalue weighted by Crippen LogP contribution is 2.21. The first-order chi connectivity index (χ1) is 15.1. The zero-order valence-corrected chi connectivity index (χ0v) is 17.1. The van der Waals surface area contributed by atoms with E-state index in [2.05, 4.69) is 44.8 Å². The third kappa shape index (κ3) is 6.26. The van der Waals surface area contributed by atoms with Gasteiger partial charge in [0.2, 0.25) is 5.88 Å². The van der Waals surface area contributed by atoms with Crippen molar-refractivity contribution in [2.24, 2.45) is 0 Å². The fourth-order valence-corrected chi connectivity index (χ4v) is 3.57. The number of hydrogen-bond donors (Lipinski definition) is 2. The second-order valence-electron chi connectivity index (χ2n) is 7.58. The molecule has 0 atom stereocenters. The smallest absolute Gasteiger partial charge is 0.319 e. The number of carbonyl (C=O) groups excluding carboxylic acids is 1. The fraction of sp³-hybridized carbons (Fsp3) is 0.250. The molecular formula is C24H25FN4O2. The number of nitrogens with one attached hydrogen (secondary N) is 2. The van der Waals surface area contributed by atoms with Crippen LogP contribution in [0.2, 0.25) is 0 Å². The largest absolute Gasteiger partial charge is 0.439 e. The van der Waals surface area contributed by atoms with Crippen LogP contribution in [0.15, 0.2) is 72.9 Å². The van der Waals surface area contributed by atoms with Gasteiger partial charge in [-0.15, -0.1) is 0 Å². The number of carbonyl (C=O) groups is 1. The first kappa shape index (κ1) is 20.8. The van der Waals surface area contributed by atoms with Crippen LogP contribution in [0.4, 0.5) is 14.9 Å². The van der Waals surface area contributed by atoms with Gasteiger partial charge in [-0.05, 0) is 48.7 Å². The average molecular weight is 420 g/mol. The molecule has 7 heteroatoms. The average Bonchev–Trinajstić information content (AvgIpc) is 2.79. The lowest BCUT2D eigenvalue weighted by atomic mass is 10.0. The molecule has 0 bridgehead atoms. The molecule has 0 unspecified atom stereocenters. The summed E-state index contributed by atoms with van der Waals surface area (Å²) in [7, 11) is 0.